The molecular weight excluding hydrogens is 302 g/mol. The van der Waals surface area contributed by atoms with Crippen molar-refractivity contribution in [3.8, 4) is 0 Å². The Bertz CT molecular complexity index is 654. The average molecular weight is 327 g/mol. The third kappa shape index (κ3) is 4.23. The summed E-state index contributed by atoms with van der Waals surface area (Å²) in [4.78, 5) is 18.8. The maximum Gasteiger partial charge on any atom is 0.223 e. The van der Waals surface area contributed by atoms with Crippen molar-refractivity contribution in [2.24, 2.45) is 0 Å². The first-order valence-corrected chi connectivity index (χ1v) is 8.69. The molecular formula is C19H25N3O2. The number of hydrogen-bond acceptors (Lipinski definition) is 3. The van der Waals surface area contributed by atoms with Crippen molar-refractivity contribution in [1.82, 2.24) is 14.5 Å². The zero-order valence-corrected chi connectivity index (χ0v) is 14.2. The molecule has 5 heteroatoms. The van der Waals surface area contributed by atoms with Gasteiger partial charge in [-0.2, -0.15) is 0 Å². The van der Waals surface area contributed by atoms with Crippen LogP contribution in [0.5, 0.6) is 0 Å². The van der Waals surface area contributed by atoms with Crippen LogP contribution in [0.4, 0.5) is 0 Å². The van der Waals surface area contributed by atoms with Crippen LogP contribution in [0.1, 0.15) is 37.6 Å². The van der Waals surface area contributed by atoms with Gasteiger partial charge in [-0.3, -0.25) is 9.78 Å². The molecule has 3 rings (SSSR count). The smallest absolute Gasteiger partial charge is 0.223 e. The van der Waals surface area contributed by atoms with E-state index in [0.29, 0.717) is 26.1 Å². The molecule has 0 N–H and O–H groups in total. The molecule has 0 bridgehead atoms. The molecule has 1 aliphatic heterocycles. The van der Waals surface area contributed by atoms with E-state index in [-0.39, 0.29) is 12.0 Å². The van der Waals surface area contributed by atoms with Crippen LogP contribution in [0.15, 0.2) is 42.7 Å². The minimum Gasteiger partial charge on any atom is -0.368 e. The number of pyridine rings is 1. The Kier molecular flexibility index (Phi) is 5.64. The van der Waals surface area contributed by atoms with Gasteiger partial charge >= 0.3 is 0 Å². The Balaban J connectivity index is 1.68. The first-order chi connectivity index (χ1) is 11.8. The monoisotopic (exact) mass is 327 g/mol. The van der Waals surface area contributed by atoms with E-state index in [2.05, 4.69) is 28.7 Å². The van der Waals surface area contributed by atoms with E-state index in [1.165, 1.54) is 5.69 Å². The van der Waals surface area contributed by atoms with Gasteiger partial charge in [0.2, 0.25) is 5.91 Å². The third-order valence-electron chi connectivity index (χ3n) is 4.39. The molecule has 2 aromatic heterocycles. The number of amides is 1. The van der Waals surface area contributed by atoms with Crippen LogP contribution in [0, 0.1) is 0 Å². The highest BCUT2D eigenvalue weighted by atomic mass is 16.5. The summed E-state index contributed by atoms with van der Waals surface area (Å²) < 4.78 is 8.27. The van der Waals surface area contributed by atoms with Crippen LogP contribution in [0.25, 0.3) is 0 Å². The van der Waals surface area contributed by atoms with Gasteiger partial charge in [0.1, 0.15) is 0 Å². The van der Waals surface area contributed by atoms with Crippen LogP contribution in [-0.2, 0) is 29.2 Å². The lowest BCUT2D eigenvalue weighted by Crippen LogP contribution is -2.37. The summed E-state index contributed by atoms with van der Waals surface area (Å²) in [5.41, 5.74) is 2.09. The van der Waals surface area contributed by atoms with Crippen molar-refractivity contribution in [2.75, 3.05) is 6.54 Å². The predicted molar refractivity (Wildman–Crippen MR) is 92.2 cm³/mol. The second-order valence-electron chi connectivity index (χ2n) is 6.28. The minimum atomic E-state index is -0.0220. The average Bonchev–Trinajstić information content (AvgIpc) is 2.96. The van der Waals surface area contributed by atoms with E-state index >= 15 is 0 Å². The van der Waals surface area contributed by atoms with E-state index < -0.39 is 0 Å². The van der Waals surface area contributed by atoms with Gasteiger partial charge in [-0.05, 0) is 30.7 Å². The third-order valence-corrected chi connectivity index (χ3v) is 4.39. The number of rotatable bonds is 6. The molecule has 0 aromatic carbocycles. The molecule has 24 heavy (non-hydrogen) atoms. The number of ether oxygens (including phenoxy) is 1. The second-order valence-corrected chi connectivity index (χ2v) is 6.28. The highest BCUT2D eigenvalue weighted by Gasteiger charge is 2.25. The molecule has 0 spiro atoms. The fourth-order valence-corrected chi connectivity index (χ4v) is 3.02. The molecule has 0 saturated carbocycles. The molecule has 0 saturated heterocycles. The maximum atomic E-state index is 12.5. The van der Waals surface area contributed by atoms with E-state index in [0.717, 1.165) is 25.1 Å². The van der Waals surface area contributed by atoms with Gasteiger partial charge in [0, 0.05) is 31.1 Å². The Labute approximate surface area is 143 Å². The van der Waals surface area contributed by atoms with Gasteiger partial charge in [0.25, 0.3) is 0 Å². The molecule has 128 valence electrons. The van der Waals surface area contributed by atoms with Gasteiger partial charge in [-0.25, -0.2) is 0 Å². The first-order valence-electron chi connectivity index (χ1n) is 8.69. The quantitative estimate of drug-likeness (QED) is 0.819. The molecule has 0 radical (unpaired) electrons. The van der Waals surface area contributed by atoms with Crippen molar-refractivity contribution in [1.29, 1.82) is 0 Å². The SMILES string of the molecule is CCCCC(=O)N1Cc2cccn2CC(OCc2ccccn2)C1. The summed E-state index contributed by atoms with van der Waals surface area (Å²) >= 11 is 0. The van der Waals surface area contributed by atoms with Crippen LogP contribution in [0.3, 0.4) is 0 Å². The van der Waals surface area contributed by atoms with E-state index in [1.54, 1.807) is 6.20 Å². The van der Waals surface area contributed by atoms with Crippen molar-refractivity contribution in [2.45, 2.75) is 52.0 Å². The Morgan fingerprint density at radius 3 is 3.00 bits per heavy atom. The summed E-state index contributed by atoms with van der Waals surface area (Å²) in [6.07, 6.45) is 6.41. The largest absolute Gasteiger partial charge is 0.368 e. The number of fused-ring (bicyclic) bond motifs is 1. The van der Waals surface area contributed by atoms with Gasteiger partial charge < -0.3 is 14.2 Å². The number of unbranched alkanes of at least 4 members (excludes halogenated alkanes) is 1. The number of carbonyl (C=O) groups is 1. The van der Waals surface area contributed by atoms with Crippen molar-refractivity contribution in [3.05, 3.63) is 54.1 Å². The molecule has 1 atom stereocenters. The van der Waals surface area contributed by atoms with Crippen molar-refractivity contribution >= 4 is 5.91 Å². The predicted octanol–water partition coefficient (Wildman–Crippen LogP) is 3.00. The Morgan fingerprint density at radius 2 is 2.21 bits per heavy atom. The lowest BCUT2D eigenvalue weighted by Gasteiger charge is -2.24. The Morgan fingerprint density at radius 1 is 1.29 bits per heavy atom. The molecule has 1 aliphatic rings. The zero-order chi connectivity index (χ0) is 16.8. The van der Waals surface area contributed by atoms with Crippen LogP contribution in [-0.4, -0.2) is 33.0 Å². The fraction of sp³-hybridized carbons (Fsp3) is 0.474. The molecule has 3 heterocycles. The number of nitrogens with zero attached hydrogens (tertiary/aromatic N) is 3. The maximum absolute atomic E-state index is 12.5. The van der Waals surface area contributed by atoms with Crippen molar-refractivity contribution in [3.63, 3.8) is 0 Å². The second kappa shape index (κ2) is 8.11. The number of carbonyl (C=O) groups excluding carboxylic acids is 1. The van der Waals surface area contributed by atoms with Crippen molar-refractivity contribution < 1.29 is 9.53 Å². The molecule has 5 nitrogen and oxygen atoms in total. The number of hydrogen-bond donors (Lipinski definition) is 0. The first kappa shape index (κ1) is 16.7. The minimum absolute atomic E-state index is 0.0220. The number of aromatic nitrogens is 2. The summed E-state index contributed by atoms with van der Waals surface area (Å²) in [5, 5.41) is 0. The van der Waals surface area contributed by atoms with Crippen LogP contribution >= 0.6 is 0 Å². The van der Waals surface area contributed by atoms with E-state index in [4.69, 9.17) is 4.74 Å². The fourth-order valence-electron chi connectivity index (χ4n) is 3.02. The Hall–Kier alpha value is -2.14. The highest BCUT2D eigenvalue weighted by Crippen LogP contribution is 2.17. The lowest BCUT2D eigenvalue weighted by molar-refractivity contribution is -0.134. The summed E-state index contributed by atoms with van der Waals surface area (Å²) in [6, 6.07) is 9.94. The molecule has 0 fully saturated rings. The van der Waals surface area contributed by atoms with Crippen LogP contribution in [0.2, 0.25) is 0 Å². The van der Waals surface area contributed by atoms with Gasteiger partial charge in [-0.1, -0.05) is 19.4 Å². The van der Waals surface area contributed by atoms with Gasteiger partial charge in [0.05, 0.1) is 31.5 Å². The van der Waals surface area contributed by atoms with Gasteiger partial charge in [0.15, 0.2) is 0 Å². The van der Waals surface area contributed by atoms with E-state index in [9.17, 15) is 4.79 Å². The summed E-state index contributed by atoms with van der Waals surface area (Å²) in [6.45, 7) is 4.65. The zero-order valence-electron chi connectivity index (χ0n) is 14.2. The highest BCUT2D eigenvalue weighted by molar-refractivity contribution is 5.76. The molecule has 2 aromatic rings. The summed E-state index contributed by atoms with van der Waals surface area (Å²) in [7, 11) is 0. The van der Waals surface area contributed by atoms with Crippen LogP contribution < -0.4 is 0 Å². The topological polar surface area (TPSA) is 47.4 Å². The normalized spacial score (nSPS) is 17.4. The molecule has 1 amide bonds. The van der Waals surface area contributed by atoms with Gasteiger partial charge in [-0.15, -0.1) is 0 Å². The summed E-state index contributed by atoms with van der Waals surface area (Å²) in [5.74, 6) is 0.220. The lowest BCUT2D eigenvalue weighted by atomic mass is 10.2. The van der Waals surface area contributed by atoms with E-state index in [1.807, 2.05) is 29.2 Å². The molecule has 1 unspecified atom stereocenters. The standard InChI is InChI=1S/C19H25N3O2/c1-2-3-9-19(23)22-12-17-8-6-11-21(17)13-18(14-22)24-15-16-7-4-5-10-20-16/h4-8,10-11,18H,2-3,9,12-15H2,1H3. The molecule has 0 aliphatic carbocycles.